The second-order valence-electron chi connectivity index (χ2n) is 23.4. The standard InChI is InChI=1S/C36H45FO3.C35H43FO3/c1-6-36(7-2,30-14-13-27(25(3)21-30)17-20-35(39)18-9-8-10-19-35)31-15-16-32(26(4)22-31)28-11-12-29(33(37)23-28)24-34(38)40-5;1-5-35(6-2,29-13-12-26(24(3)20-29)16-19-34(39)17-8-7-9-18-34)30-14-15-31(25(4)21-30)27-10-11-28(23-33(37)38)32(36)22-27/h11-16,21-23,39H,6-10,17-20,24H2,1-5H3;10-15,20-22,39H,5-9,16-19,23H2,1-4H3,(H,37,38). The van der Waals surface area contributed by atoms with Crippen LogP contribution < -0.4 is 0 Å². The van der Waals surface area contributed by atoms with Gasteiger partial charge in [-0.2, -0.15) is 0 Å². The maximum absolute atomic E-state index is 14.8. The van der Waals surface area contributed by atoms with E-state index in [4.69, 9.17) is 5.11 Å². The van der Waals surface area contributed by atoms with Crippen molar-refractivity contribution in [3.8, 4) is 22.3 Å². The molecule has 0 aliphatic heterocycles. The maximum atomic E-state index is 14.8. The summed E-state index contributed by atoms with van der Waals surface area (Å²) >= 11 is 0. The van der Waals surface area contributed by atoms with Crippen LogP contribution in [0.1, 0.15) is 197 Å². The molecule has 6 nitrogen and oxygen atoms in total. The molecule has 0 aromatic heterocycles. The fraction of sp³-hybridized carbons (Fsp3) is 0.465. The predicted molar refractivity (Wildman–Crippen MR) is 318 cm³/mol. The van der Waals surface area contributed by atoms with Crippen LogP contribution in [0.25, 0.3) is 22.3 Å². The molecule has 422 valence electrons. The molecule has 0 radical (unpaired) electrons. The van der Waals surface area contributed by atoms with Gasteiger partial charge < -0.3 is 20.1 Å². The molecule has 0 bridgehead atoms. The fourth-order valence-corrected chi connectivity index (χ4v) is 13.3. The van der Waals surface area contributed by atoms with E-state index in [2.05, 4.69) is 133 Å². The van der Waals surface area contributed by atoms with E-state index < -0.39 is 34.8 Å². The number of rotatable bonds is 20. The van der Waals surface area contributed by atoms with Crippen molar-refractivity contribution in [2.24, 2.45) is 0 Å². The number of benzene rings is 6. The molecule has 0 atom stereocenters. The summed E-state index contributed by atoms with van der Waals surface area (Å²) in [5.41, 5.74) is 15.3. The third-order valence-corrected chi connectivity index (χ3v) is 18.7. The number of carbonyl (C=O) groups excluding carboxylic acids is 1. The summed E-state index contributed by atoms with van der Waals surface area (Å²) in [5.74, 6) is -2.37. The highest BCUT2D eigenvalue weighted by Crippen LogP contribution is 2.44. The minimum atomic E-state index is -1.04. The molecule has 6 aromatic rings. The van der Waals surface area contributed by atoms with Crippen molar-refractivity contribution in [3.63, 3.8) is 0 Å². The van der Waals surface area contributed by atoms with E-state index in [-0.39, 0.29) is 29.2 Å². The molecule has 0 saturated heterocycles. The molecule has 0 unspecified atom stereocenters. The van der Waals surface area contributed by atoms with Crippen LogP contribution in [-0.2, 0) is 50.8 Å². The SMILES string of the molecule is CCC(CC)(c1ccc(CCC2(O)CCCCC2)c(C)c1)c1ccc(-c2ccc(CC(=O)O)c(F)c2)c(C)c1.CCC(CC)(c1ccc(CCC2(O)CCCCC2)c(C)c1)c1ccc(-c2ccc(CC(=O)OC)c(F)c2)c(C)c1. The predicted octanol–water partition coefficient (Wildman–Crippen LogP) is 17.0. The lowest BCUT2D eigenvalue weighted by atomic mass is 9.69. The first-order valence-electron chi connectivity index (χ1n) is 29.5. The van der Waals surface area contributed by atoms with Crippen molar-refractivity contribution < 1.29 is 38.4 Å². The third kappa shape index (κ3) is 14.1. The Kier molecular flexibility index (Phi) is 20.4. The van der Waals surface area contributed by atoms with Crippen molar-refractivity contribution in [1.29, 1.82) is 0 Å². The zero-order valence-corrected chi connectivity index (χ0v) is 48.9. The molecule has 2 fully saturated rings. The van der Waals surface area contributed by atoms with E-state index >= 15 is 0 Å². The average Bonchev–Trinajstić information content (AvgIpc) is 3.55. The summed E-state index contributed by atoms with van der Waals surface area (Å²) in [6.07, 6.45) is 17.7. The van der Waals surface area contributed by atoms with Crippen LogP contribution in [0.3, 0.4) is 0 Å². The highest BCUT2D eigenvalue weighted by atomic mass is 19.1. The van der Waals surface area contributed by atoms with Crippen LogP contribution in [0.5, 0.6) is 0 Å². The Balaban J connectivity index is 0.000000229. The van der Waals surface area contributed by atoms with Crippen LogP contribution in [0.15, 0.2) is 109 Å². The van der Waals surface area contributed by atoms with Gasteiger partial charge in [0, 0.05) is 10.8 Å². The number of carbonyl (C=O) groups is 2. The van der Waals surface area contributed by atoms with Gasteiger partial charge in [0.1, 0.15) is 11.6 Å². The summed E-state index contributed by atoms with van der Waals surface area (Å²) in [6, 6.07) is 36.7. The Bertz CT molecular complexity index is 3060. The molecular weight excluding hydrogens is 987 g/mol. The third-order valence-electron chi connectivity index (χ3n) is 18.7. The monoisotopic (exact) mass is 1070 g/mol. The van der Waals surface area contributed by atoms with Gasteiger partial charge in [-0.25, -0.2) is 8.78 Å². The number of ether oxygens (including phenoxy) is 1. The Morgan fingerprint density at radius 1 is 0.481 bits per heavy atom. The number of hydrogen-bond acceptors (Lipinski definition) is 5. The average molecular weight is 1080 g/mol. The zero-order chi connectivity index (χ0) is 57.1. The van der Waals surface area contributed by atoms with Gasteiger partial charge in [-0.3, -0.25) is 9.59 Å². The van der Waals surface area contributed by atoms with E-state index in [1.807, 2.05) is 12.1 Å². The number of carboxylic acid groups (broad SMARTS) is 1. The summed E-state index contributed by atoms with van der Waals surface area (Å²) in [7, 11) is 1.31. The van der Waals surface area contributed by atoms with Crippen molar-refractivity contribution in [1.82, 2.24) is 0 Å². The zero-order valence-electron chi connectivity index (χ0n) is 48.9. The van der Waals surface area contributed by atoms with Gasteiger partial charge in [0.05, 0.1) is 31.2 Å². The van der Waals surface area contributed by atoms with E-state index in [1.54, 1.807) is 12.1 Å². The molecule has 2 aliphatic rings. The molecule has 8 heteroatoms. The first kappa shape index (κ1) is 60.7. The van der Waals surface area contributed by atoms with Gasteiger partial charge in [-0.1, -0.05) is 163 Å². The van der Waals surface area contributed by atoms with Gasteiger partial charge >= 0.3 is 11.9 Å². The number of esters is 1. The lowest BCUT2D eigenvalue weighted by Gasteiger charge is -2.35. The molecule has 6 aromatic carbocycles. The van der Waals surface area contributed by atoms with E-state index in [0.29, 0.717) is 5.56 Å². The summed E-state index contributed by atoms with van der Waals surface area (Å²) in [5, 5.41) is 31.0. The fourth-order valence-electron chi connectivity index (χ4n) is 13.3. The molecular formula is C71H88F2O6. The normalized spacial score (nSPS) is 15.3. The van der Waals surface area contributed by atoms with Crippen molar-refractivity contribution in [2.45, 2.75) is 206 Å². The second kappa shape index (κ2) is 26.5. The number of carboxylic acids is 1. The smallest absolute Gasteiger partial charge is 0.310 e. The van der Waals surface area contributed by atoms with Gasteiger partial charge in [-0.15, -0.1) is 0 Å². The molecule has 3 N–H and O–H groups in total. The number of aliphatic hydroxyl groups is 2. The quantitative estimate of drug-likeness (QED) is 0.0658. The van der Waals surface area contributed by atoms with E-state index in [1.165, 1.54) is 76.6 Å². The summed E-state index contributed by atoms with van der Waals surface area (Å²) in [6.45, 7) is 17.5. The first-order chi connectivity index (χ1) is 37.7. The Hall–Kier alpha value is -5.96. The van der Waals surface area contributed by atoms with Crippen LogP contribution in [0, 0.1) is 39.3 Å². The number of halogens is 2. The minimum Gasteiger partial charge on any atom is -0.481 e. The van der Waals surface area contributed by atoms with Gasteiger partial charge in [0.2, 0.25) is 0 Å². The Morgan fingerprint density at radius 3 is 1.14 bits per heavy atom. The minimum absolute atomic E-state index is 0.0743. The lowest BCUT2D eigenvalue weighted by Crippen LogP contribution is -2.31. The van der Waals surface area contributed by atoms with Gasteiger partial charge in [0.15, 0.2) is 0 Å². The molecule has 2 aliphatic carbocycles. The van der Waals surface area contributed by atoms with Gasteiger partial charge in [0.25, 0.3) is 0 Å². The highest BCUT2D eigenvalue weighted by molar-refractivity contribution is 5.75. The summed E-state index contributed by atoms with van der Waals surface area (Å²) in [4.78, 5) is 22.6. The van der Waals surface area contributed by atoms with Crippen molar-refractivity contribution in [3.05, 3.63) is 188 Å². The first-order valence-corrected chi connectivity index (χ1v) is 29.5. The van der Waals surface area contributed by atoms with Crippen LogP contribution in [-0.4, -0.2) is 45.6 Å². The molecule has 0 spiro atoms. The molecule has 0 amide bonds. The number of aryl methyl sites for hydroxylation is 6. The molecule has 0 heterocycles. The lowest BCUT2D eigenvalue weighted by molar-refractivity contribution is -0.140. The molecule has 8 rings (SSSR count). The number of methoxy groups -OCH3 is 1. The summed E-state index contributed by atoms with van der Waals surface area (Å²) < 4.78 is 34.1. The second-order valence-corrected chi connectivity index (χ2v) is 23.4. The van der Waals surface area contributed by atoms with Gasteiger partial charge in [-0.05, 0) is 206 Å². The van der Waals surface area contributed by atoms with E-state index in [0.717, 1.165) is 136 Å². The van der Waals surface area contributed by atoms with Crippen LogP contribution >= 0.6 is 0 Å². The Morgan fingerprint density at radius 2 is 0.823 bits per heavy atom. The van der Waals surface area contributed by atoms with Crippen molar-refractivity contribution in [2.75, 3.05) is 7.11 Å². The largest absolute Gasteiger partial charge is 0.481 e. The van der Waals surface area contributed by atoms with Crippen molar-refractivity contribution >= 4 is 11.9 Å². The number of hydrogen-bond donors (Lipinski definition) is 3. The topological polar surface area (TPSA) is 104 Å². The molecule has 2 saturated carbocycles. The molecule has 79 heavy (non-hydrogen) atoms. The van der Waals surface area contributed by atoms with Crippen LogP contribution in [0.2, 0.25) is 0 Å². The number of aliphatic carboxylic acids is 1. The highest BCUT2D eigenvalue weighted by Gasteiger charge is 2.35. The maximum Gasteiger partial charge on any atom is 0.310 e. The Labute approximate surface area is 471 Å². The van der Waals surface area contributed by atoms with Crippen LogP contribution in [0.4, 0.5) is 8.78 Å². The van der Waals surface area contributed by atoms with E-state index in [9.17, 15) is 28.6 Å².